The Kier molecular flexibility index (Phi) is 5.32. The van der Waals surface area contributed by atoms with Gasteiger partial charge < -0.3 is 14.8 Å². The number of nitrogens with zero attached hydrogens (tertiary/aromatic N) is 5. The van der Waals surface area contributed by atoms with E-state index < -0.39 is 5.97 Å². The lowest BCUT2D eigenvalue weighted by Gasteiger charge is -2.10. The van der Waals surface area contributed by atoms with Gasteiger partial charge in [-0.05, 0) is 45.0 Å². The van der Waals surface area contributed by atoms with E-state index in [1.54, 1.807) is 29.9 Å². The van der Waals surface area contributed by atoms with Crippen LogP contribution in [-0.4, -0.2) is 44.3 Å². The van der Waals surface area contributed by atoms with Crippen LogP contribution < -0.4 is 10.1 Å². The van der Waals surface area contributed by atoms with Gasteiger partial charge in [-0.3, -0.25) is 0 Å². The van der Waals surface area contributed by atoms with Gasteiger partial charge >= 0.3 is 5.97 Å². The highest BCUT2D eigenvalue weighted by Crippen LogP contribution is 2.26. The zero-order valence-electron chi connectivity index (χ0n) is 17.0. The number of carbonyl (C=O) groups excluding carboxylic acids is 1. The lowest BCUT2D eigenvalue weighted by molar-refractivity contribution is 0.0526. The zero-order valence-corrected chi connectivity index (χ0v) is 17.8. The molecule has 4 aromatic rings. The Morgan fingerprint density at radius 1 is 1.20 bits per heavy atom. The van der Waals surface area contributed by atoms with Gasteiger partial charge in [0.25, 0.3) is 0 Å². The summed E-state index contributed by atoms with van der Waals surface area (Å²) in [5, 5.41) is 7.53. The lowest BCUT2D eigenvalue weighted by Crippen LogP contribution is -2.11. The fraction of sp³-hybridized carbons (Fsp3) is 0.250. The van der Waals surface area contributed by atoms with Crippen LogP contribution in [0.3, 0.4) is 0 Å². The number of aromatic nitrogens is 5. The molecule has 0 radical (unpaired) electrons. The molecule has 0 bridgehead atoms. The number of fused-ring (bicyclic) bond motifs is 1. The molecule has 0 aliphatic carbocycles. The quantitative estimate of drug-likeness (QED) is 0.466. The largest absolute Gasteiger partial charge is 0.497 e. The second-order valence-electron chi connectivity index (χ2n) is 6.40. The number of aryl methyl sites for hydroxylation is 2. The van der Waals surface area contributed by atoms with Crippen molar-refractivity contribution in [2.24, 2.45) is 0 Å². The van der Waals surface area contributed by atoms with E-state index in [9.17, 15) is 4.79 Å². The van der Waals surface area contributed by atoms with Crippen molar-refractivity contribution in [1.82, 2.24) is 24.6 Å². The van der Waals surface area contributed by atoms with E-state index in [-0.39, 0.29) is 18.0 Å². The average Bonchev–Trinajstić information content (AvgIpc) is 3.26. The summed E-state index contributed by atoms with van der Waals surface area (Å²) < 4.78 is 12.1. The molecule has 9 nitrogen and oxygen atoms in total. The third kappa shape index (κ3) is 3.69. The van der Waals surface area contributed by atoms with Gasteiger partial charge in [-0.15, -0.1) is 5.10 Å². The Balaban J connectivity index is 1.73. The smallest absolute Gasteiger partial charge is 0.343 e. The summed E-state index contributed by atoms with van der Waals surface area (Å²) in [7, 11) is 1.60. The summed E-state index contributed by atoms with van der Waals surface area (Å²) in [4.78, 5) is 27.7. The van der Waals surface area contributed by atoms with Crippen molar-refractivity contribution in [3.63, 3.8) is 0 Å². The fourth-order valence-electron chi connectivity index (χ4n) is 2.82. The van der Waals surface area contributed by atoms with E-state index in [2.05, 4.69) is 25.4 Å². The highest BCUT2D eigenvalue weighted by atomic mass is 32.1. The van der Waals surface area contributed by atoms with E-state index in [1.165, 1.54) is 6.20 Å². The molecule has 0 atom stereocenters. The number of anilines is 2. The predicted octanol–water partition coefficient (Wildman–Crippen LogP) is 3.79. The van der Waals surface area contributed by atoms with Gasteiger partial charge in [0, 0.05) is 16.6 Å². The van der Waals surface area contributed by atoms with Crippen LogP contribution in [0, 0.1) is 13.8 Å². The first-order valence-electron chi connectivity index (χ1n) is 9.28. The van der Waals surface area contributed by atoms with Gasteiger partial charge in [0.1, 0.15) is 11.3 Å². The van der Waals surface area contributed by atoms with Crippen molar-refractivity contribution in [2.75, 3.05) is 19.0 Å². The molecule has 0 saturated carbocycles. The van der Waals surface area contributed by atoms with Crippen LogP contribution in [0.4, 0.5) is 11.8 Å². The molecular formula is C20H20N6O3S. The summed E-state index contributed by atoms with van der Waals surface area (Å²) in [6.45, 7) is 5.99. The lowest BCUT2D eigenvalue weighted by atomic mass is 10.2. The maximum absolute atomic E-state index is 12.4. The topological polar surface area (TPSA) is 104 Å². The van der Waals surface area contributed by atoms with E-state index in [0.717, 1.165) is 26.8 Å². The van der Waals surface area contributed by atoms with Crippen molar-refractivity contribution in [3.05, 3.63) is 46.6 Å². The molecule has 154 valence electrons. The van der Waals surface area contributed by atoms with Gasteiger partial charge in [0.2, 0.25) is 10.9 Å². The Morgan fingerprint density at radius 2 is 1.97 bits per heavy atom. The number of hydrogen-bond donors (Lipinski definition) is 1. The number of methoxy groups -OCH3 is 1. The summed E-state index contributed by atoms with van der Waals surface area (Å²) >= 11 is 1.55. The van der Waals surface area contributed by atoms with Gasteiger partial charge in [0.15, 0.2) is 11.6 Å². The summed E-state index contributed by atoms with van der Waals surface area (Å²) in [5.41, 5.74) is 2.00. The molecule has 4 rings (SSSR count). The number of hydrogen-bond acceptors (Lipinski definition) is 9. The molecule has 0 unspecified atom stereocenters. The van der Waals surface area contributed by atoms with Gasteiger partial charge in [-0.2, -0.15) is 4.98 Å². The molecular weight excluding hydrogens is 404 g/mol. The Morgan fingerprint density at radius 3 is 2.63 bits per heavy atom. The highest BCUT2D eigenvalue weighted by molar-refractivity contribution is 7.17. The van der Waals surface area contributed by atoms with Crippen molar-refractivity contribution < 1.29 is 14.3 Å². The molecule has 30 heavy (non-hydrogen) atoms. The minimum absolute atomic E-state index is 0.208. The Hall–Kier alpha value is -3.53. The van der Waals surface area contributed by atoms with E-state index in [1.807, 2.05) is 38.1 Å². The van der Waals surface area contributed by atoms with Crippen molar-refractivity contribution >= 4 is 34.0 Å². The third-order valence-electron chi connectivity index (χ3n) is 4.51. The summed E-state index contributed by atoms with van der Waals surface area (Å²) in [5.74, 6) is 1.28. The number of nitrogens with one attached hydrogen (secondary N) is 1. The molecule has 1 N–H and O–H groups in total. The average molecular weight is 424 g/mol. The summed E-state index contributed by atoms with van der Waals surface area (Å²) in [6, 6.07) is 7.33. The SMILES string of the molecule is CCOC(=O)c1cnc(-c2ccc(OC)cc2)nc1Nc1nc2sc(C)c(C)n2n1. The molecule has 1 aromatic carbocycles. The standard InChI is InChI=1S/C20H20N6O3S/c1-5-29-18(27)15-10-21-16(13-6-8-14(28-4)9-7-13)22-17(15)23-19-24-20-26(25-19)11(2)12(3)30-20/h6-10H,5H2,1-4H3,(H,21,22,23,25). The Labute approximate surface area is 176 Å². The first-order valence-corrected chi connectivity index (χ1v) is 10.1. The number of benzene rings is 1. The first kappa shape index (κ1) is 19.8. The Bertz CT molecular complexity index is 1220. The molecule has 0 fully saturated rings. The molecule has 0 saturated heterocycles. The zero-order chi connectivity index (χ0) is 21.3. The van der Waals surface area contributed by atoms with Crippen LogP contribution in [0.1, 0.15) is 27.9 Å². The van der Waals surface area contributed by atoms with Gasteiger partial charge in [-0.25, -0.2) is 19.3 Å². The maximum atomic E-state index is 12.4. The van der Waals surface area contributed by atoms with Crippen LogP contribution in [0.2, 0.25) is 0 Å². The third-order valence-corrected chi connectivity index (χ3v) is 5.56. The summed E-state index contributed by atoms with van der Waals surface area (Å²) in [6.07, 6.45) is 1.45. The minimum Gasteiger partial charge on any atom is -0.497 e. The second-order valence-corrected chi connectivity index (χ2v) is 7.58. The number of esters is 1. The molecule has 3 heterocycles. The van der Waals surface area contributed by atoms with E-state index in [4.69, 9.17) is 9.47 Å². The van der Waals surface area contributed by atoms with Crippen LogP contribution in [0.25, 0.3) is 16.3 Å². The normalized spacial score (nSPS) is 10.9. The molecule has 0 spiro atoms. The van der Waals surface area contributed by atoms with Crippen LogP contribution in [-0.2, 0) is 4.74 Å². The van der Waals surface area contributed by atoms with Gasteiger partial charge in [-0.1, -0.05) is 11.3 Å². The molecule has 0 amide bonds. The second kappa shape index (κ2) is 8.07. The van der Waals surface area contributed by atoms with E-state index >= 15 is 0 Å². The van der Waals surface area contributed by atoms with Crippen LogP contribution >= 0.6 is 11.3 Å². The van der Waals surface area contributed by atoms with Crippen molar-refractivity contribution in [2.45, 2.75) is 20.8 Å². The van der Waals surface area contributed by atoms with Crippen LogP contribution in [0.15, 0.2) is 30.5 Å². The van der Waals surface area contributed by atoms with Crippen molar-refractivity contribution in [3.8, 4) is 17.1 Å². The number of rotatable bonds is 6. The minimum atomic E-state index is -0.519. The number of carbonyl (C=O) groups is 1. The first-order chi connectivity index (χ1) is 14.5. The molecule has 0 aliphatic heterocycles. The highest BCUT2D eigenvalue weighted by Gasteiger charge is 2.19. The number of thiazole rings is 1. The monoisotopic (exact) mass is 424 g/mol. The fourth-order valence-corrected chi connectivity index (χ4v) is 3.72. The maximum Gasteiger partial charge on any atom is 0.343 e. The molecule has 10 heteroatoms. The predicted molar refractivity (Wildman–Crippen MR) is 114 cm³/mol. The van der Waals surface area contributed by atoms with Crippen molar-refractivity contribution in [1.29, 1.82) is 0 Å². The van der Waals surface area contributed by atoms with E-state index in [0.29, 0.717) is 11.8 Å². The molecule has 0 aliphatic rings. The number of ether oxygens (including phenoxy) is 2. The van der Waals surface area contributed by atoms with Gasteiger partial charge in [0.05, 0.1) is 19.4 Å². The van der Waals surface area contributed by atoms with Crippen LogP contribution in [0.5, 0.6) is 5.75 Å². The molecule has 3 aromatic heterocycles.